The van der Waals surface area contributed by atoms with E-state index in [4.69, 9.17) is 5.11 Å². The number of sulfonamides is 1. The third-order valence-corrected chi connectivity index (χ3v) is 4.45. The first-order valence-corrected chi connectivity index (χ1v) is 7.93. The summed E-state index contributed by atoms with van der Waals surface area (Å²) in [6.07, 6.45) is -3.29. The summed E-state index contributed by atoms with van der Waals surface area (Å²) >= 11 is 0. The van der Waals surface area contributed by atoms with Crippen molar-refractivity contribution in [1.29, 1.82) is 0 Å². The first-order chi connectivity index (χ1) is 9.66. The second kappa shape index (κ2) is 7.24. The number of aliphatic hydroxyl groups excluding tert-OH is 1. The van der Waals surface area contributed by atoms with Crippen LogP contribution in [0.5, 0.6) is 0 Å². The van der Waals surface area contributed by atoms with Crippen molar-refractivity contribution in [3.8, 4) is 0 Å². The zero-order chi connectivity index (χ0) is 16.1. The van der Waals surface area contributed by atoms with Gasteiger partial charge < -0.3 is 5.11 Å². The van der Waals surface area contributed by atoms with Crippen molar-refractivity contribution in [2.24, 2.45) is 5.92 Å². The Morgan fingerprint density at radius 2 is 1.81 bits per heavy atom. The Kier molecular flexibility index (Phi) is 6.18. The van der Waals surface area contributed by atoms with Gasteiger partial charge in [-0.25, -0.2) is 13.1 Å². The normalized spacial score (nSPS) is 14.1. The number of halogens is 3. The molecule has 2 N–H and O–H groups in total. The number of aliphatic hydroxyl groups is 1. The Hall–Kier alpha value is -1.12. The highest BCUT2D eigenvalue weighted by molar-refractivity contribution is 7.89. The number of benzene rings is 1. The van der Waals surface area contributed by atoms with Gasteiger partial charge in [0.25, 0.3) is 0 Å². The van der Waals surface area contributed by atoms with Crippen LogP contribution in [0.3, 0.4) is 0 Å². The van der Waals surface area contributed by atoms with E-state index in [9.17, 15) is 21.6 Å². The van der Waals surface area contributed by atoms with Crippen LogP contribution in [0.2, 0.25) is 0 Å². The smallest absolute Gasteiger partial charge is 0.396 e. The standard InChI is InChI=1S/C13H18F3NO3S/c1-10(9-18)3-2-8-17-21(19,20)12-6-4-11(5-7-12)13(14,15)16/h4-7,10,17-18H,2-3,8-9H2,1H3. The van der Waals surface area contributed by atoms with Crippen molar-refractivity contribution in [2.45, 2.75) is 30.8 Å². The molecule has 1 rings (SSSR count). The average Bonchev–Trinajstić information content (AvgIpc) is 2.42. The van der Waals surface area contributed by atoms with Crippen LogP contribution in [0.25, 0.3) is 0 Å². The van der Waals surface area contributed by atoms with Gasteiger partial charge in [0.1, 0.15) is 0 Å². The Bertz CT molecular complexity index is 541. The first kappa shape index (κ1) is 17.9. The van der Waals surface area contributed by atoms with Crippen LogP contribution in [-0.4, -0.2) is 26.7 Å². The molecule has 1 aromatic carbocycles. The van der Waals surface area contributed by atoms with Gasteiger partial charge in [0, 0.05) is 13.2 Å². The highest BCUT2D eigenvalue weighted by atomic mass is 32.2. The van der Waals surface area contributed by atoms with Crippen LogP contribution in [0, 0.1) is 5.92 Å². The van der Waals surface area contributed by atoms with E-state index in [1.54, 1.807) is 0 Å². The molecule has 0 aliphatic rings. The summed E-state index contributed by atoms with van der Waals surface area (Å²) in [5, 5.41) is 8.83. The Morgan fingerprint density at radius 3 is 2.29 bits per heavy atom. The molecule has 0 amide bonds. The van der Waals surface area contributed by atoms with E-state index in [1.807, 2.05) is 6.92 Å². The molecule has 0 heterocycles. The molecule has 120 valence electrons. The van der Waals surface area contributed by atoms with Gasteiger partial charge in [0.05, 0.1) is 10.5 Å². The summed E-state index contributed by atoms with van der Waals surface area (Å²) in [7, 11) is -3.81. The molecule has 8 heteroatoms. The monoisotopic (exact) mass is 325 g/mol. The number of nitrogens with one attached hydrogen (secondary N) is 1. The Labute approximate surface area is 122 Å². The SMILES string of the molecule is CC(CO)CCCNS(=O)(=O)c1ccc(C(F)(F)F)cc1. The van der Waals surface area contributed by atoms with Crippen molar-refractivity contribution in [3.05, 3.63) is 29.8 Å². The van der Waals surface area contributed by atoms with E-state index in [1.165, 1.54) is 0 Å². The molecule has 0 saturated carbocycles. The molecule has 0 aliphatic carbocycles. The summed E-state index contributed by atoms with van der Waals surface area (Å²) in [5.74, 6) is 0.0839. The van der Waals surface area contributed by atoms with Gasteiger partial charge >= 0.3 is 6.18 Å². The molecular formula is C13H18F3NO3S. The second-order valence-corrected chi connectivity index (χ2v) is 6.62. The fourth-order valence-electron chi connectivity index (χ4n) is 1.65. The predicted octanol–water partition coefficient (Wildman–Crippen LogP) is 2.39. The largest absolute Gasteiger partial charge is 0.416 e. The Balaban J connectivity index is 2.62. The van der Waals surface area contributed by atoms with Crippen molar-refractivity contribution < 1.29 is 26.7 Å². The van der Waals surface area contributed by atoms with Crippen molar-refractivity contribution in [3.63, 3.8) is 0 Å². The van der Waals surface area contributed by atoms with E-state index in [2.05, 4.69) is 4.72 Å². The van der Waals surface area contributed by atoms with Gasteiger partial charge in [-0.05, 0) is 43.0 Å². The van der Waals surface area contributed by atoms with E-state index in [0.29, 0.717) is 12.8 Å². The fraction of sp³-hybridized carbons (Fsp3) is 0.538. The Morgan fingerprint density at radius 1 is 1.24 bits per heavy atom. The molecule has 0 aliphatic heterocycles. The maximum absolute atomic E-state index is 12.4. The molecule has 0 radical (unpaired) electrons. The summed E-state index contributed by atoms with van der Waals surface area (Å²) in [5.41, 5.74) is -0.891. The van der Waals surface area contributed by atoms with Crippen LogP contribution >= 0.6 is 0 Å². The average molecular weight is 325 g/mol. The summed E-state index contributed by atoms with van der Waals surface area (Å²) < 4.78 is 63.2. The molecule has 1 aromatic rings. The van der Waals surface area contributed by atoms with Crippen LogP contribution in [0.15, 0.2) is 29.2 Å². The van der Waals surface area contributed by atoms with Crippen molar-refractivity contribution in [2.75, 3.05) is 13.2 Å². The van der Waals surface area contributed by atoms with E-state index in [-0.39, 0.29) is 24.0 Å². The molecule has 4 nitrogen and oxygen atoms in total. The minimum atomic E-state index is -4.49. The topological polar surface area (TPSA) is 66.4 Å². The van der Waals surface area contributed by atoms with E-state index >= 15 is 0 Å². The van der Waals surface area contributed by atoms with E-state index < -0.39 is 21.8 Å². The molecule has 0 bridgehead atoms. The quantitative estimate of drug-likeness (QED) is 0.757. The first-order valence-electron chi connectivity index (χ1n) is 6.44. The maximum atomic E-state index is 12.4. The molecule has 0 fully saturated rings. The molecule has 0 saturated heterocycles. The lowest BCUT2D eigenvalue weighted by Crippen LogP contribution is -2.25. The number of hydrogen-bond acceptors (Lipinski definition) is 3. The van der Waals surface area contributed by atoms with E-state index in [0.717, 1.165) is 24.3 Å². The minimum Gasteiger partial charge on any atom is -0.396 e. The zero-order valence-corrected chi connectivity index (χ0v) is 12.3. The van der Waals surface area contributed by atoms with Crippen LogP contribution in [0.4, 0.5) is 13.2 Å². The molecule has 1 atom stereocenters. The molecule has 1 unspecified atom stereocenters. The summed E-state index contributed by atoms with van der Waals surface area (Å²) in [4.78, 5) is -0.203. The lowest BCUT2D eigenvalue weighted by Gasteiger charge is -2.10. The van der Waals surface area contributed by atoms with Crippen molar-refractivity contribution in [1.82, 2.24) is 4.72 Å². The number of alkyl halides is 3. The maximum Gasteiger partial charge on any atom is 0.416 e. The van der Waals surface area contributed by atoms with Gasteiger partial charge in [-0.2, -0.15) is 13.2 Å². The van der Waals surface area contributed by atoms with Gasteiger partial charge in [0.15, 0.2) is 0 Å². The van der Waals surface area contributed by atoms with Crippen LogP contribution in [-0.2, 0) is 16.2 Å². The van der Waals surface area contributed by atoms with Crippen molar-refractivity contribution >= 4 is 10.0 Å². The highest BCUT2D eigenvalue weighted by Gasteiger charge is 2.30. The van der Waals surface area contributed by atoms with Gasteiger partial charge in [-0.3, -0.25) is 0 Å². The van der Waals surface area contributed by atoms with Gasteiger partial charge in [-0.1, -0.05) is 6.92 Å². The summed E-state index contributed by atoms with van der Waals surface area (Å²) in [6, 6.07) is 3.34. The molecule has 0 aromatic heterocycles. The van der Waals surface area contributed by atoms with Crippen LogP contribution in [0.1, 0.15) is 25.3 Å². The number of rotatable bonds is 7. The third-order valence-electron chi connectivity index (χ3n) is 2.97. The van der Waals surface area contributed by atoms with Gasteiger partial charge in [-0.15, -0.1) is 0 Å². The van der Waals surface area contributed by atoms with Crippen LogP contribution < -0.4 is 4.72 Å². The molecular weight excluding hydrogens is 307 g/mol. The number of hydrogen-bond donors (Lipinski definition) is 2. The summed E-state index contributed by atoms with van der Waals surface area (Å²) in [6.45, 7) is 2.05. The highest BCUT2D eigenvalue weighted by Crippen LogP contribution is 2.29. The lowest BCUT2D eigenvalue weighted by atomic mass is 10.1. The molecule has 21 heavy (non-hydrogen) atoms. The minimum absolute atomic E-state index is 0.0334. The van der Waals surface area contributed by atoms with Gasteiger partial charge in [0.2, 0.25) is 10.0 Å². The second-order valence-electron chi connectivity index (χ2n) is 4.85. The third kappa shape index (κ3) is 5.64. The fourth-order valence-corrected chi connectivity index (χ4v) is 2.73. The molecule has 0 spiro atoms. The lowest BCUT2D eigenvalue weighted by molar-refractivity contribution is -0.137. The zero-order valence-electron chi connectivity index (χ0n) is 11.5. The predicted molar refractivity (Wildman–Crippen MR) is 72.1 cm³/mol.